The number of furan rings is 1. The summed E-state index contributed by atoms with van der Waals surface area (Å²) in [5.74, 6) is -0.505. The summed E-state index contributed by atoms with van der Waals surface area (Å²) in [5, 5.41) is 0.923. The Balaban J connectivity index is 1.30. The SMILES string of the molecule is O=C(OCCc1nc2ccccc2s1)C1Cc2ccccc2CN1C(=O)c1ccco1. The average Bonchev–Trinajstić information content (AvgIpc) is 3.47. The van der Waals surface area contributed by atoms with Gasteiger partial charge in [-0.25, -0.2) is 9.78 Å². The van der Waals surface area contributed by atoms with Gasteiger partial charge in [-0.05, 0) is 35.4 Å². The van der Waals surface area contributed by atoms with Gasteiger partial charge in [0, 0.05) is 19.4 Å². The van der Waals surface area contributed by atoms with E-state index in [0.29, 0.717) is 19.4 Å². The lowest BCUT2D eigenvalue weighted by molar-refractivity contribution is -0.149. The lowest BCUT2D eigenvalue weighted by Crippen LogP contribution is -2.49. The molecule has 2 aromatic heterocycles. The monoisotopic (exact) mass is 432 g/mol. The minimum atomic E-state index is -0.692. The lowest BCUT2D eigenvalue weighted by atomic mass is 9.93. The molecule has 1 aliphatic heterocycles. The molecule has 7 heteroatoms. The number of amides is 1. The van der Waals surface area contributed by atoms with Gasteiger partial charge in [0.05, 0.1) is 28.1 Å². The van der Waals surface area contributed by atoms with Gasteiger partial charge in [-0.15, -0.1) is 11.3 Å². The first kappa shape index (κ1) is 19.5. The van der Waals surface area contributed by atoms with Crippen LogP contribution in [0.4, 0.5) is 0 Å². The highest BCUT2D eigenvalue weighted by Crippen LogP contribution is 2.26. The van der Waals surface area contributed by atoms with Gasteiger partial charge in [-0.3, -0.25) is 4.79 Å². The third-order valence-corrected chi connectivity index (χ3v) is 6.51. The molecule has 1 atom stereocenters. The predicted octanol–water partition coefficient (Wildman–Crippen LogP) is 4.24. The van der Waals surface area contributed by atoms with Crippen LogP contribution >= 0.6 is 11.3 Å². The Morgan fingerprint density at radius 2 is 1.87 bits per heavy atom. The van der Waals surface area contributed by atoms with Crippen molar-refractivity contribution >= 4 is 33.4 Å². The van der Waals surface area contributed by atoms with E-state index < -0.39 is 12.0 Å². The van der Waals surface area contributed by atoms with Crippen molar-refractivity contribution in [3.63, 3.8) is 0 Å². The normalized spacial score (nSPS) is 15.6. The van der Waals surface area contributed by atoms with Crippen LogP contribution in [0.2, 0.25) is 0 Å². The number of hydrogen-bond acceptors (Lipinski definition) is 6. The second kappa shape index (κ2) is 8.35. The van der Waals surface area contributed by atoms with Crippen molar-refractivity contribution < 1.29 is 18.7 Å². The van der Waals surface area contributed by atoms with Gasteiger partial charge in [-0.1, -0.05) is 36.4 Å². The van der Waals surface area contributed by atoms with E-state index in [-0.39, 0.29) is 18.3 Å². The minimum Gasteiger partial charge on any atom is -0.464 e. The highest BCUT2D eigenvalue weighted by Gasteiger charge is 2.37. The van der Waals surface area contributed by atoms with Crippen LogP contribution in [0, 0.1) is 0 Å². The molecular formula is C24H20N2O4S. The van der Waals surface area contributed by atoms with Gasteiger partial charge in [0.15, 0.2) is 5.76 Å². The summed E-state index contributed by atoms with van der Waals surface area (Å²) in [6.45, 7) is 0.562. The van der Waals surface area contributed by atoms with Crippen LogP contribution in [0.25, 0.3) is 10.2 Å². The summed E-state index contributed by atoms with van der Waals surface area (Å²) in [6, 6.07) is 18.4. The average molecular weight is 433 g/mol. The third-order valence-electron chi connectivity index (χ3n) is 5.41. The van der Waals surface area contributed by atoms with E-state index in [1.807, 2.05) is 48.5 Å². The first-order valence-corrected chi connectivity index (χ1v) is 10.9. The fourth-order valence-electron chi connectivity index (χ4n) is 3.85. The number of para-hydroxylation sites is 1. The Bertz CT molecular complexity index is 1200. The molecule has 4 aromatic rings. The fraction of sp³-hybridized carbons (Fsp3) is 0.208. The maximum absolute atomic E-state index is 13.0. The molecule has 0 aliphatic carbocycles. The molecular weight excluding hydrogens is 412 g/mol. The maximum Gasteiger partial charge on any atom is 0.329 e. The molecule has 1 amide bonds. The summed E-state index contributed by atoms with van der Waals surface area (Å²) in [4.78, 5) is 32.1. The van der Waals surface area contributed by atoms with Crippen molar-refractivity contribution in [1.29, 1.82) is 0 Å². The van der Waals surface area contributed by atoms with Crippen molar-refractivity contribution in [2.45, 2.75) is 25.4 Å². The van der Waals surface area contributed by atoms with E-state index in [1.54, 1.807) is 28.4 Å². The number of carbonyl (C=O) groups is 2. The Morgan fingerprint density at radius 3 is 2.68 bits per heavy atom. The molecule has 2 aromatic carbocycles. The van der Waals surface area contributed by atoms with Crippen LogP contribution in [-0.4, -0.2) is 34.4 Å². The van der Waals surface area contributed by atoms with Gasteiger partial charge in [0.25, 0.3) is 5.91 Å². The molecule has 3 heterocycles. The zero-order valence-electron chi connectivity index (χ0n) is 16.7. The Labute approximate surface area is 183 Å². The summed E-state index contributed by atoms with van der Waals surface area (Å²) in [5.41, 5.74) is 3.04. The number of hydrogen-bond donors (Lipinski definition) is 0. The third kappa shape index (κ3) is 3.96. The Hall–Kier alpha value is -3.45. The fourth-order valence-corrected chi connectivity index (χ4v) is 4.80. The van der Waals surface area contributed by atoms with Gasteiger partial charge >= 0.3 is 5.97 Å². The first-order chi connectivity index (χ1) is 15.2. The van der Waals surface area contributed by atoms with Crippen LogP contribution < -0.4 is 0 Å². The number of esters is 1. The number of benzene rings is 2. The molecule has 0 radical (unpaired) electrons. The topological polar surface area (TPSA) is 72.6 Å². The molecule has 0 bridgehead atoms. The predicted molar refractivity (Wildman–Crippen MR) is 117 cm³/mol. The molecule has 6 nitrogen and oxygen atoms in total. The smallest absolute Gasteiger partial charge is 0.329 e. The van der Waals surface area contributed by atoms with E-state index >= 15 is 0 Å². The van der Waals surface area contributed by atoms with Crippen molar-refractivity contribution in [2.75, 3.05) is 6.61 Å². The number of carbonyl (C=O) groups excluding carboxylic acids is 2. The molecule has 0 N–H and O–H groups in total. The van der Waals surface area contributed by atoms with Gasteiger partial charge in [-0.2, -0.15) is 0 Å². The molecule has 5 rings (SSSR count). The summed E-state index contributed by atoms with van der Waals surface area (Å²) in [7, 11) is 0. The van der Waals surface area contributed by atoms with Crippen LogP contribution in [-0.2, 0) is 28.9 Å². The number of nitrogens with zero attached hydrogens (tertiary/aromatic N) is 2. The van der Waals surface area contributed by atoms with Crippen LogP contribution in [0.1, 0.15) is 26.7 Å². The highest BCUT2D eigenvalue weighted by atomic mass is 32.1. The lowest BCUT2D eigenvalue weighted by Gasteiger charge is -2.34. The Kier molecular flexibility index (Phi) is 5.26. The van der Waals surface area contributed by atoms with Crippen molar-refractivity contribution in [2.24, 2.45) is 0 Å². The zero-order chi connectivity index (χ0) is 21.2. The number of rotatable bonds is 5. The number of thiazole rings is 1. The van der Waals surface area contributed by atoms with Crippen molar-refractivity contribution in [1.82, 2.24) is 9.88 Å². The molecule has 31 heavy (non-hydrogen) atoms. The zero-order valence-corrected chi connectivity index (χ0v) is 17.5. The number of aromatic nitrogens is 1. The second-order valence-corrected chi connectivity index (χ2v) is 8.51. The number of ether oxygens (including phenoxy) is 1. The quantitative estimate of drug-likeness (QED) is 0.441. The molecule has 1 unspecified atom stereocenters. The van der Waals surface area contributed by atoms with Crippen molar-refractivity contribution in [3.8, 4) is 0 Å². The number of fused-ring (bicyclic) bond motifs is 2. The van der Waals surface area contributed by atoms with E-state index in [9.17, 15) is 9.59 Å². The standard InChI is InChI=1S/C24H20N2O4S/c27-23(20-9-5-12-29-20)26-15-17-7-2-1-6-16(17)14-19(26)24(28)30-13-11-22-25-18-8-3-4-10-21(18)31-22/h1-10,12,19H,11,13-15H2. The second-order valence-electron chi connectivity index (χ2n) is 7.39. The largest absolute Gasteiger partial charge is 0.464 e. The van der Waals surface area contributed by atoms with Crippen molar-refractivity contribution in [3.05, 3.63) is 88.8 Å². The van der Waals surface area contributed by atoms with Crippen LogP contribution in [0.15, 0.2) is 71.3 Å². The molecule has 0 saturated carbocycles. The molecule has 0 spiro atoms. The Morgan fingerprint density at radius 1 is 1.06 bits per heavy atom. The summed E-state index contributed by atoms with van der Waals surface area (Å²) >= 11 is 1.60. The molecule has 0 fully saturated rings. The van der Waals surface area contributed by atoms with E-state index in [4.69, 9.17) is 9.15 Å². The molecule has 156 valence electrons. The highest BCUT2D eigenvalue weighted by molar-refractivity contribution is 7.18. The molecule has 0 saturated heterocycles. The summed E-state index contributed by atoms with van der Waals surface area (Å²) in [6.07, 6.45) is 2.42. The van der Waals surface area contributed by atoms with Gasteiger partial charge < -0.3 is 14.1 Å². The van der Waals surface area contributed by atoms with Gasteiger partial charge in [0.2, 0.25) is 0 Å². The van der Waals surface area contributed by atoms with E-state index in [2.05, 4.69) is 4.98 Å². The minimum absolute atomic E-state index is 0.214. The van der Waals surface area contributed by atoms with E-state index in [1.165, 1.54) is 6.26 Å². The maximum atomic E-state index is 13.0. The van der Waals surface area contributed by atoms with Gasteiger partial charge in [0.1, 0.15) is 6.04 Å². The van der Waals surface area contributed by atoms with Crippen LogP contribution in [0.3, 0.4) is 0 Å². The summed E-state index contributed by atoms with van der Waals surface area (Å²) < 4.78 is 12.0. The molecule has 1 aliphatic rings. The first-order valence-electron chi connectivity index (χ1n) is 10.1. The van der Waals surface area contributed by atoms with Crippen LogP contribution in [0.5, 0.6) is 0 Å². The van der Waals surface area contributed by atoms with E-state index in [0.717, 1.165) is 26.4 Å².